The van der Waals surface area contributed by atoms with Crippen molar-refractivity contribution in [1.82, 2.24) is 18.7 Å². The van der Waals surface area contributed by atoms with Gasteiger partial charge in [0.15, 0.2) is 11.2 Å². The van der Waals surface area contributed by atoms with E-state index >= 15 is 0 Å². The van der Waals surface area contributed by atoms with Gasteiger partial charge < -0.3 is 4.74 Å². The Morgan fingerprint density at radius 2 is 2.04 bits per heavy atom. The minimum absolute atomic E-state index is 0.130. The van der Waals surface area contributed by atoms with Crippen molar-refractivity contribution in [3.05, 3.63) is 33.0 Å². The lowest BCUT2D eigenvalue weighted by atomic mass is 10.2. The summed E-state index contributed by atoms with van der Waals surface area (Å²) in [6.45, 7) is 6.94. The molecule has 0 N–H and O–H groups in total. The average Bonchev–Trinajstić information content (AvgIpc) is 3.03. The van der Waals surface area contributed by atoms with Crippen LogP contribution in [-0.4, -0.2) is 44.7 Å². The Labute approximate surface area is 150 Å². The van der Waals surface area contributed by atoms with Gasteiger partial charge in [-0.05, 0) is 20.8 Å². The molecule has 0 bridgehead atoms. The lowest BCUT2D eigenvalue weighted by molar-refractivity contribution is 0.204. The van der Waals surface area contributed by atoms with E-state index in [1.165, 1.54) is 9.13 Å². The normalized spacial score (nSPS) is 17.2. The van der Waals surface area contributed by atoms with Crippen LogP contribution in [0.25, 0.3) is 11.2 Å². The van der Waals surface area contributed by atoms with Crippen LogP contribution >= 0.6 is 0 Å². The number of fused-ring (bicyclic) bond motifs is 3. The first-order valence-corrected chi connectivity index (χ1v) is 8.56. The van der Waals surface area contributed by atoms with Gasteiger partial charge in [-0.15, -0.1) is 0 Å². The lowest BCUT2D eigenvalue weighted by Gasteiger charge is -2.28. The smallest absolute Gasteiger partial charge is 0.332 e. The van der Waals surface area contributed by atoms with Crippen molar-refractivity contribution in [2.24, 2.45) is 12.1 Å². The van der Waals surface area contributed by atoms with Gasteiger partial charge in [0, 0.05) is 20.7 Å². The third-order valence-corrected chi connectivity index (χ3v) is 4.69. The zero-order valence-electron chi connectivity index (χ0n) is 15.8. The maximum absolute atomic E-state index is 13.1. The highest BCUT2D eigenvalue weighted by molar-refractivity contribution is 5.91. The van der Waals surface area contributed by atoms with Crippen LogP contribution < -0.4 is 16.3 Å². The average molecular weight is 360 g/mol. The second-order valence-electron chi connectivity index (χ2n) is 6.31. The fourth-order valence-corrected chi connectivity index (χ4v) is 3.08. The van der Waals surface area contributed by atoms with E-state index in [9.17, 15) is 9.59 Å². The molecular weight excluding hydrogens is 336 g/mol. The fraction of sp³-hybridized carbons (Fsp3) is 0.529. The molecule has 0 saturated carbocycles. The molecule has 3 heterocycles. The number of aromatic nitrogens is 4. The zero-order valence-corrected chi connectivity index (χ0v) is 15.8. The summed E-state index contributed by atoms with van der Waals surface area (Å²) in [6, 6.07) is -0.130. The maximum Gasteiger partial charge on any atom is 0.332 e. The van der Waals surface area contributed by atoms with Crippen LogP contribution in [0.3, 0.4) is 0 Å². The molecule has 0 amide bonds. The predicted octanol–water partition coefficient (Wildman–Crippen LogP) is 0.876. The topological polar surface area (TPSA) is 86.7 Å². The summed E-state index contributed by atoms with van der Waals surface area (Å²) in [4.78, 5) is 30.3. The number of hydrogen-bond donors (Lipinski definition) is 0. The Morgan fingerprint density at radius 1 is 1.31 bits per heavy atom. The standard InChI is InChI=1S/C17H24N6O3/c1-6-7-8-21-15(24)13-14(20(4)17(21)25)18-16-22(9-10-26-5)19-11(2)12(3)23(13)16/h6-7,12H,8-10H2,1-5H3. The highest BCUT2D eigenvalue weighted by Crippen LogP contribution is 2.29. The molecular formula is C17H24N6O3. The number of methoxy groups -OCH3 is 1. The zero-order chi connectivity index (χ0) is 19.0. The van der Waals surface area contributed by atoms with E-state index in [1.807, 2.05) is 31.4 Å². The number of anilines is 1. The number of ether oxygens (including phenoxy) is 1. The molecule has 1 unspecified atom stereocenters. The first-order valence-electron chi connectivity index (χ1n) is 8.56. The molecule has 2 aromatic heterocycles. The van der Waals surface area contributed by atoms with E-state index in [2.05, 4.69) is 10.1 Å². The molecule has 0 aliphatic carbocycles. The van der Waals surface area contributed by atoms with Gasteiger partial charge in [0.05, 0.1) is 24.9 Å². The summed E-state index contributed by atoms with van der Waals surface area (Å²) in [5, 5.41) is 6.29. The summed E-state index contributed by atoms with van der Waals surface area (Å²) in [6.07, 6.45) is 3.59. The van der Waals surface area contributed by atoms with Crippen molar-refractivity contribution in [1.29, 1.82) is 0 Å². The van der Waals surface area contributed by atoms with Gasteiger partial charge in [0.25, 0.3) is 5.56 Å². The summed E-state index contributed by atoms with van der Waals surface area (Å²) in [5.41, 5.74) is 0.917. The van der Waals surface area contributed by atoms with E-state index in [0.29, 0.717) is 30.3 Å². The first-order chi connectivity index (χ1) is 12.4. The molecule has 1 aliphatic rings. The molecule has 26 heavy (non-hydrogen) atoms. The largest absolute Gasteiger partial charge is 0.383 e. The Hall–Kier alpha value is -2.68. The molecule has 0 aromatic carbocycles. The van der Waals surface area contributed by atoms with Gasteiger partial charge >= 0.3 is 5.69 Å². The molecule has 2 aromatic rings. The Morgan fingerprint density at radius 3 is 2.69 bits per heavy atom. The van der Waals surface area contributed by atoms with Gasteiger partial charge in [0.2, 0.25) is 5.95 Å². The molecule has 9 heteroatoms. The second-order valence-corrected chi connectivity index (χ2v) is 6.31. The number of hydrazone groups is 1. The van der Waals surface area contributed by atoms with Crippen molar-refractivity contribution in [3.8, 4) is 0 Å². The molecule has 0 fully saturated rings. The van der Waals surface area contributed by atoms with Gasteiger partial charge in [0.1, 0.15) is 0 Å². The predicted molar refractivity (Wildman–Crippen MR) is 101 cm³/mol. The molecule has 140 valence electrons. The van der Waals surface area contributed by atoms with Crippen LogP contribution in [0.2, 0.25) is 0 Å². The molecule has 0 spiro atoms. The monoisotopic (exact) mass is 360 g/mol. The van der Waals surface area contributed by atoms with Crippen LogP contribution in [0, 0.1) is 0 Å². The highest BCUT2D eigenvalue weighted by atomic mass is 16.5. The summed E-state index contributed by atoms with van der Waals surface area (Å²) < 4.78 is 9.66. The van der Waals surface area contributed by atoms with Gasteiger partial charge in [-0.25, -0.2) is 9.80 Å². The van der Waals surface area contributed by atoms with Crippen molar-refractivity contribution in [2.45, 2.75) is 33.4 Å². The minimum atomic E-state index is -0.384. The number of aryl methyl sites for hydroxylation is 1. The quantitative estimate of drug-likeness (QED) is 0.739. The van der Waals surface area contributed by atoms with E-state index in [4.69, 9.17) is 4.74 Å². The van der Waals surface area contributed by atoms with Crippen LogP contribution in [0.15, 0.2) is 26.8 Å². The van der Waals surface area contributed by atoms with E-state index in [-0.39, 0.29) is 23.8 Å². The molecule has 3 rings (SSSR count). The third kappa shape index (κ3) is 2.68. The van der Waals surface area contributed by atoms with E-state index in [0.717, 1.165) is 5.71 Å². The molecule has 1 atom stereocenters. The molecule has 1 aliphatic heterocycles. The summed E-state index contributed by atoms with van der Waals surface area (Å²) >= 11 is 0. The number of imidazole rings is 1. The Bertz CT molecular complexity index is 1010. The van der Waals surface area contributed by atoms with Crippen molar-refractivity contribution in [3.63, 3.8) is 0 Å². The van der Waals surface area contributed by atoms with Crippen molar-refractivity contribution >= 4 is 22.8 Å². The molecule has 9 nitrogen and oxygen atoms in total. The summed E-state index contributed by atoms with van der Waals surface area (Å²) in [5.74, 6) is 0.547. The van der Waals surface area contributed by atoms with E-state index in [1.54, 1.807) is 25.2 Å². The number of nitrogens with zero attached hydrogens (tertiary/aromatic N) is 6. The Balaban J connectivity index is 2.32. The van der Waals surface area contributed by atoms with E-state index < -0.39 is 0 Å². The summed E-state index contributed by atoms with van der Waals surface area (Å²) in [7, 11) is 3.25. The van der Waals surface area contributed by atoms with Gasteiger partial charge in [-0.3, -0.25) is 18.5 Å². The van der Waals surface area contributed by atoms with Crippen molar-refractivity contribution < 1.29 is 4.74 Å². The number of rotatable bonds is 5. The first kappa shape index (κ1) is 18.1. The number of hydrogen-bond acceptors (Lipinski definition) is 6. The fourth-order valence-electron chi connectivity index (χ4n) is 3.08. The minimum Gasteiger partial charge on any atom is -0.383 e. The Kier molecular flexibility index (Phi) is 4.82. The lowest BCUT2D eigenvalue weighted by Crippen LogP contribution is -2.40. The van der Waals surface area contributed by atoms with Gasteiger partial charge in [-0.2, -0.15) is 10.1 Å². The van der Waals surface area contributed by atoms with Crippen molar-refractivity contribution in [2.75, 3.05) is 25.3 Å². The van der Waals surface area contributed by atoms with Crippen LogP contribution in [-0.2, 0) is 18.3 Å². The highest BCUT2D eigenvalue weighted by Gasteiger charge is 2.30. The maximum atomic E-state index is 13.1. The molecule has 0 radical (unpaired) electrons. The van der Waals surface area contributed by atoms with Crippen LogP contribution in [0.1, 0.15) is 26.8 Å². The van der Waals surface area contributed by atoms with Crippen LogP contribution in [0.4, 0.5) is 5.95 Å². The second kappa shape index (κ2) is 6.91. The van der Waals surface area contributed by atoms with Gasteiger partial charge in [-0.1, -0.05) is 12.2 Å². The molecule has 0 saturated heterocycles. The van der Waals surface area contributed by atoms with Crippen LogP contribution in [0.5, 0.6) is 0 Å². The third-order valence-electron chi connectivity index (χ3n) is 4.69. The SMILES string of the molecule is CC=CCn1c(=O)c2c(nc3n2C(C)C(C)=NN3CCOC)n(C)c1=O. The number of allylic oxidation sites excluding steroid dienone is 2.